The SMILES string of the molecule is CCc1nn2c(nnc3c(=O)n(-c4nccs4)ccc32)c1-c1ccccc1. The van der Waals surface area contributed by atoms with Crippen molar-refractivity contribution in [1.29, 1.82) is 0 Å². The first-order valence-corrected chi connectivity index (χ1v) is 9.41. The van der Waals surface area contributed by atoms with Crippen LogP contribution in [0.5, 0.6) is 0 Å². The van der Waals surface area contributed by atoms with E-state index >= 15 is 0 Å². The van der Waals surface area contributed by atoms with Crippen LogP contribution >= 0.6 is 11.3 Å². The van der Waals surface area contributed by atoms with Gasteiger partial charge in [-0.15, -0.1) is 21.5 Å². The summed E-state index contributed by atoms with van der Waals surface area (Å²) in [4.78, 5) is 17.1. The Morgan fingerprint density at radius 3 is 2.70 bits per heavy atom. The minimum absolute atomic E-state index is 0.258. The maximum atomic E-state index is 12.9. The van der Waals surface area contributed by atoms with Gasteiger partial charge in [-0.1, -0.05) is 37.3 Å². The molecule has 5 rings (SSSR count). The van der Waals surface area contributed by atoms with E-state index in [-0.39, 0.29) is 11.1 Å². The van der Waals surface area contributed by atoms with Gasteiger partial charge in [-0.05, 0) is 18.1 Å². The minimum atomic E-state index is -0.258. The van der Waals surface area contributed by atoms with Crippen LogP contribution < -0.4 is 5.56 Å². The first-order valence-electron chi connectivity index (χ1n) is 8.53. The number of pyridine rings is 1. The summed E-state index contributed by atoms with van der Waals surface area (Å²) in [6.45, 7) is 2.05. The van der Waals surface area contributed by atoms with E-state index in [1.807, 2.05) is 41.8 Å². The second-order valence-electron chi connectivity index (χ2n) is 6.02. The van der Waals surface area contributed by atoms with Gasteiger partial charge in [0.25, 0.3) is 5.56 Å². The molecule has 0 aliphatic heterocycles. The zero-order chi connectivity index (χ0) is 18.4. The summed E-state index contributed by atoms with van der Waals surface area (Å²) in [6.07, 6.45) is 4.13. The summed E-state index contributed by atoms with van der Waals surface area (Å²) < 4.78 is 3.20. The van der Waals surface area contributed by atoms with Crippen LogP contribution in [-0.2, 0) is 6.42 Å². The summed E-state index contributed by atoms with van der Waals surface area (Å²) in [5, 5.41) is 15.8. The molecule has 0 aliphatic carbocycles. The molecule has 0 saturated heterocycles. The van der Waals surface area contributed by atoms with Crippen molar-refractivity contribution in [3.05, 3.63) is 70.2 Å². The van der Waals surface area contributed by atoms with Crippen LogP contribution in [0.4, 0.5) is 0 Å². The lowest BCUT2D eigenvalue weighted by atomic mass is 10.0. The van der Waals surface area contributed by atoms with Gasteiger partial charge in [0.1, 0.15) is 5.52 Å². The number of benzene rings is 1. The number of fused-ring (bicyclic) bond motifs is 3. The van der Waals surface area contributed by atoms with Crippen molar-refractivity contribution >= 4 is 28.0 Å². The number of rotatable bonds is 3. The largest absolute Gasteiger partial charge is 0.286 e. The molecular formula is C19H14N6OS. The maximum Gasteiger partial charge on any atom is 0.286 e. The predicted octanol–water partition coefficient (Wildman–Crippen LogP) is 3.11. The molecule has 0 fully saturated rings. The molecule has 0 atom stereocenters. The normalized spacial score (nSPS) is 11.4. The molecule has 5 aromatic rings. The lowest BCUT2D eigenvalue weighted by Gasteiger charge is -2.04. The van der Waals surface area contributed by atoms with Gasteiger partial charge < -0.3 is 0 Å². The molecule has 0 unspecified atom stereocenters. The molecule has 0 N–H and O–H groups in total. The van der Waals surface area contributed by atoms with Gasteiger partial charge in [-0.3, -0.25) is 9.36 Å². The lowest BCUT2D eigenvalue weighted by Crippen LogP contribution is -2.20. The maximum absolute atomic E-state index is 12.9. The fourth-order valence-electron chi connectivity index (χ4n) is 3.22. The standard InChI is InChI=1S/C19H14N6OS/c1-2-13-15(12-6-4-3-5-7-12)17-22-21-16-14(25(17)23-13)8-10-24(18(16)26)19-20-9-11-27-19/h3-11H,2H2,1H3. The van der Waals surface area contributed by atoms with E-state index in [0.717, 1.165) is 23.2 Å². The number of aromatic nitrogens is 6. The molecule has 0 spiro atoms. The van der Waals surface area contributed by atoms with Gasteiger partial charge in [0.15, 0.2) is 16.3 Å². The van der Waals surface area contributed by atoms with Crippen LogP contribution in [0.25, 0.3) is 32.9 Å². The molecule has 1 aromatic carbocycles. The van der Waals surface area contributed by atoms with Crippen LogP contribution in [0.1, 0.15) is 12.6 Å². The van der Waals surface area contributed by atoms with Gasteiger partial charge >= 0.3 is 0 Å². The third-order valence-corrected chi connectivity index (χ3v) is 5.25. The molecule has 4 aromatic heterocycles. The predicted molar refractivity (Wildman–Crippen MR) is 104 cm³/mol. The van der Waals surface area contributed by atoms with E-state index in [9.17, 15) is 4.79 Å². The second-order valence-corrected chi connectivity index (χ2v) is 6.89. The second kappa shape index (κ2) is 6.10. The fraction of sp³-hybridized carbons (Fsp3) is 0.105. The topological polar surface area (TPSA) is 78.0 Å². The van der Waals surface area contributed by atoms with Crippen molar-refractivity contribution in [2.75, 3.05) is 0 Å². The van der Waals surface area contributed by atoms with Crippen molar-refractivity contribution in [3.63, 3.8) is 0 Å². The van der Waals surface area contributed by atoms with E-state index < -0.39 is 0 Å². The zero-order valence-corrected chi connectivity index (χ0v) is 15.2. The van der Waals surface area contributed by atoms with Gasteiger partial charge in [-0.25, -0.2) is 9.50 Å². The Morgan fingerprint density at radius 1 is 1.11 bits per heavy atom. The first-order chi connectivity index (χ1) is 13.3. The van der Waals surface area contributed by atoms with E-state index in [0.29, 0.717) is 16.3 Å². The van der Waals surface area contributed by atoms with Gasteiger partial charge in [0.2, 0.25) is 0 Å². The fourth-order valence-corrected chi connectivity index (χ4v) is 3.85. The third kappa shape index (κ3) is 2.37. The molecule has 4 heterocycles. The average Bonchev–Trinajstić information content (AvgIpc) is 3.36. The summed E-state index contributed by atoms with van der Waals surface area (Å²) >= 11 is 1.39. The Labute approximate surface area is 157 Å². The van der Waals surface area contributed by atoms with E-state index in [1.165, 1.54) is 15.9 Å². The number of aryl methyl sites for hydroxylation is 1. The third-order valence-electron chi connectivity index (χ3n) is 4.47. The summed E-state index contributed by atoms with van der Waals surface area (Å²) in [7, 11) is 0. The monoisotopic (exact) mass is 374 g/mol. The Hall–Kier alpha value is -3.39. The van der Waals surface area contributed by atoms with Crippen molar-refractivity contribution in [2.24, 2.45) is 0 Å². The molecule has 0 saturated carbocycles. The molecule has 132 valence electrons. The van der Waals surface area contributed by atoms with Crippen molar-refractivity contribution in [3.8, 4) is 16.3 Å². The average molecular weight is 374 g/mol. The highest BCUT2D eigenvalue weighted by Gasteiger charge is 2.19. The van der Waals surface area contributed by atoms with E-state index in [1.54, 1.807) is 16.9 Å². The van der Waals surface area contributed by atoms with Crippen LogP contribution in [0, 0.1) is 0 Å². The Morgan fingerprint density at radius 2 is 1.96 bits per heavy atom. The molecule has 0 aliphatic rings. The van der Waals surface area contributed by atoms with Crippen molar-refractivity contribution < 1.29 is 0 Å². The zero-order valence-electron chi connectivity index (χ0n) is 14.4. The molecule has 0 bridgehead atoms. The van der Waals surface area contributed by atoms with Gasteiger partial charge in [0, 0.05) is 17.8 Å². The highest BCUT2D eigenvalue weighted by molar-refractivity contribution is 7.12. The number of hydrogen-bond acceptors (Lipinski definition) is 6. The highest BCUT2D eigenvalue weighted by atomic mass is 32.1. The highest BCUT2D eigenvalue weighted by Crippen LogP contribution is 2.28. The van der Waals surface area contributed by atoms with Crippen LogP contribution in [0.3, 0.4) is 0 Å². The molecule has 0 amide bonds. The molecular weight excluding hydrogens is 360 g/mol. The lowest BCUT2D eigenvalue weighted by molar-refractivity contribution is 0.885. The van der Waals surface area contributed by atoms with Gasteiger partial charge in [0.05, 0.1) is 11.3 Å². The van der Waals surface area contributed by atoms with E-state index in [2.05, 4.69) is 22.1 Å². The van der Waals surface area contributed by atoms with Crippen molar-refractivity contribution in [1.82, 2.24) is 29.4 Å². The number of hydrogen-bond donors (Lipinski definition) is 0. The Balaban J connectivity index is 1.83. The molecule has 8 heteroatoms. The number of thiazole rings is 1. The quantitative estimate of drug-likeness (QED) is 0.485. The molecule has 27 heavy (non-hydrogen) atoms. The van der Waals surface area contributed by atoms with Crippen LogP contribution in [0.15, 0.2) is 59.0 Å². The smallest absolute Gasteiger partial charge is 0.266 e. The summed E-state index contributed by atoms with van der Waals surface area (Å²) in [5.74, 6) is 0. The van der Waals surface area contributed by atoms with Gasteiger partial charge in [-0.2, -0.15) is 5.10 Å². The first kappa shape index (κ1) is 15.8. The minimum Gasteiger partial charge on any atom is -0.266 e. The van der Waals surface area contributed by atoms with Crippen LogP contribution in [-0.4, -0.2) is 29.4 Å². The molecule has 7 nitrogen and oxygen atoms in total. The van der Waals surface area contributed by atoms with E-state index in [4.69, 9.17) is 5.10 Å². The number of nitrogens with zero attached hydrogens (tertiary/aromatic N) is 6. The summed E-state index contributed by atoms with van der Waals surface area (Å²) in [6, 6.07) is 11.8. The molecule has 0 radical (unpaired) electrons. The van der Waals surface area contributed by atoms with Crippen molar-refractivity contribution in [2.45, 2.75) is 13.3 Å². The summed E-state index contributed by atoms with van der Waals surface area (Å²) in [5.41, 5.74) is 4.21. The Bertz CT molecular complexity index is 1320. The Kier molecular flexibility index (Phi) is 3.58. The van der Waals surface area contributed by atoms with Crippen LogP contribution in [0.2, 0.25) is 0 Å².